The third kappa shape index (κ3) is 16.1. The van der Waals surface area contributed by atoms with Crippen LogP contribution < -0.4 is 5.73 Å². The molecule has 72 valence electrons. The van der Waals surface area contributed by atoms with Gasteiger partial charge in [-0.3, -0.25) is 4.79 Å². The summed E-state index contributed by atoms with van der Waals surface area (Å²) in [6.45, 7) is 7.09. The number of hydrogen-bond acceptors (Lipinski definition) is 1. The van der Waals surface area contributed by atoms with E-state index in [-0.39, 0.29) is 0 Å². The molecule has 1 fully saturated rings. The Morgan fingerprint density at radius 2 is 1.33 bits per heavy atom. The number of nitrogens with two attached hydrogens (primary N) is 1. The van der Waals surface area contributed by atoms with Crippen molar-refractivity contribution in [1.29, 1.82) is 0 Å². The van der Waals surface area contributed by atoms with Gasteiger partial charge in [0.1, 0.15) is 0 Å². The molecule has 0 radical (unpaired) electrons. The molecule has 1 amide bonds. The van der Waals surface area contributed by atoms with Crippen LogP contribution in [-0.4, -0.2) is 5.91 Å². The van der Waals surface area contributed by atoms with Gasteiger partial charge < -0.3 is 5.73 Å². The average molecular weight is 171 g/mol. The van der Waals surface area contributed by atoms with E-state index in [9.17, 15) is 4.79 Å². The number of carbonyl (C=O) groups excluding carboxylic acids is 1. The van der Waals surface area contributed by atoms with Crippen molar-refractivity contribution in [2.45, 2.75) is 46.0 Å². The Morgan fingerprint density at radius 1 is 1.17 bits per heavy atom. The van der Waals surface area contributed by atoms with Crippen molar-refractivity contribution in [3.8, 4) is 0 Å². The minimum Gasteiger partial charge on any atom is -0.366 e. The highest BCUT2D eigenvalue weighted by atomic mass is 16.1. The second-order valence-corrected chi connectivity index (χ2v) is 2.37. The van der Waals surface area contributed by atoms with Crippen LogP contribution in [0.2, 0.25) is 0 Å². The molecule has 1 aliphatic carbocycles. The summed E-state index contributed by atoms with van der Waals surface area (Å²) in [6.07, 6.45) is 8.56. The highest BCUT2D eigenvalue weighted by Gasteiger charge is 1.95. The van der Waals surface area contributed by atoms with E-state index in [0.29, 0.717) is 0 Å². The number of primary amides is 1. The minimum absolute atomic E-state index is 0.481. The van der Waals surface area contributed by atoms with Gasteiger partial charge in [-0.2, -0.15) is 0 Å². The zero-order valence-electron chi connectivity index (χ0n) is 8.31. The fraction of sp³-hybridized carbons (Fsp3) is 0.700. The highest BCUT2D eigenvalue weighted by Crippen LogP contribution is 2.15. The molecule has 2 N–H and O–H groups in total. The van der Waals surface area contributed by atoms with E-state index in [4.69, 9.17) is 0 Å². The molecule has 0 spiro atoms. The molecule has 0 saturated heterocycles. The maximum atomic E-state index is 9.47. The fourth-order valence-electron chi connectivity index (χ4n) is 0.884. The molecule has 0 aromatic rings. The van der Waals surface area contributed by atoms with Gasteiger partial charge in [0.15, 0.2) is 0 Å². The first-order valence-electron chi connectivity index (χ1n) is 4.69. The van der Waals surface area contributed by atoms with Crippen LogP contribution in [-0.2, 0) is 4.79 Å². The van der Waals surface area contributed by atoms with E-state index in [1.54, 1.807) is 0 Å². The van der Waals surface area contributed by atoms with Crippen molar-refractivity contribution in [1.82, 2.24) is 0 Å². The first-order valence-corrected chi connectivity index (χ1v) is 4.69. The molecule has 2 nitrogen and oxygen atoms in total. The molecule has 1 aliphatic rings. The minimum atomic E-state index is -0.481. The fourth-order valence-corrected chi connectivity index (χ4v) is 0.884. The molecule has 1 saturated carbocycles. The predicted molar refractivity (Wildman–Crippen MR) is 53.8 cm³/mol. The Bertz CT molecular complexity index is 98.8. The molecular formula is C10H21NO. The number of amides is 1. The van der Waals surface area contributed by atoms with E-state index in [2.05, 4.69) is 12.3 Å². The summed E-state index contributed by atoms with van der Waals surface area (Å²) in [5, 5.41) is 0. The molecule has 0 aromatic heterocycles. The van der Waals surface area contributed by atoms with Gasteiger partial charge >= 0.3 is 0 Å². The standard InChI is InChI=1S/C5H10.C3H5NO.C2H6/c1-2-4-5-3-1;1-2-3(4)5;1-2/h1-5H2;2H,1H2,(H2,4,5);1-2H3. The summed E-state index contributed by atoms with van der Waals surface area (Å²) in [5.41, 5.74) is 4.53. The predicted octanol–water partition coefficient (Wildman–Crippen LogP) is 2.63. The molecule has 0 atom stereocenters. The SMILES string of the molecule is C1CCCC1.C=CC(N)=O.CC. The number of rotatable bonds is 1. The lowest BCUT2D eigenvalue weighted by atomic mass is 10.4. The monoisotopic (exact) mass is 171 g/mol. The quantitative estimate of drug-likeness (QED) is 0.605. The van der Waals surface area contributed by atoms with E-state index in [1.807, 2.05) is 13.8 Å². The van der Waals surface area contributed by atoms with Gasteiger partial charge in [-0.25, -0.2) is 0 Å². The molecular weight excluding hydrogens is 150 g/mol. The summed E-state index contributed by atoms with van der Waals surface area (Å²) in [6, 6.07) is 0. The Kier molecular flexibility index (Phi) is 14.8. The second-order valence-electron chi connectivity index (χ2n) is 2.37. The van der Waals surface area contributed by atoms with Crippen molar-refractivity contribution in [3.63, 3.8) is 0 Å². The van der Waals surface area contributed by atoms with Gasteiger partial charge in [0, 0.05) is 0 Å². The lowest BCUT2D eigenvalue weighted by molar-refractivity contribution is -0.113. The van der Waals surface area contributed by atoms with E-state index in [1.165, 1.54) is 32.1 Å². The lowest BCUT2D eigenvalue weighted by Gasteiger charge is -1.67. The molecule has 0 bridgehead atoms. The van der Waals surface area contributed by atoms with Crippen molar-refractivity contribution in [3.05, 3.63) is 12.7 Å². The highest BCUT2D eigenvalue weighted by molar-refractivity contribution is 5.84. The summed E-state index contributed by atoms with van der Waals surface area (Å²) in [7, 11) is 0. The smallest absolute Gasteiger partial charge is 0.240 e. The lowest BCUT2D eigenvalue weighted by Crippen LogP contribution is -2.04. The van der Waals surface area contributed by atoms with E-state index >= 15 is 0 Å². The van der Waals surface area contributed by atoms with Gasteiger partial charge in [0.05, 0.1) is 0 Å². The van der Waals surface area contributed by atoms with Crippen molar-refractivity contribution in [2.24, 2.45) is 5.73 Å². The number of hydrogen-bond donors (Lipinski definition) is 1. The van der Waals surface area contributed by atoms with Gasteiger partial charge in [-0.05, 0) is 6.08 Å². The van der Waals surface area contributed by atoms with E-state index in [0.717, 1.165) is 6.08 Å². The van der Waals surface area contributed by atoms with Crippen molar-refractivity contribution < 1.29 is 4.79 Å². The van der Waals surface area contributed by atoms with Crippen LogP contribution in [0, 0.1) is 0 Å². The van der Waals surface area contributed by atoms with Crippen LogP contribution in [0.15, 0.2) is 12.7 Å². The molecule has 0 heterocycles. The first-order chi connectivity index (χ1) is 5.77. The zero-order chi connectivity index (χ0) is 9.82. The molecule has 0 aliphatic heterocycles. The molecule has 1 rings (SSSR count). The normalized spacial score (nSPS) is 13.2. The van der Waals surface area contributed by atoms with E-state index < -0.39 is 5.91 Å². The van der Waals surface area contributed by atoms with Crippen LogP contribution in [0.4, 0.5) is 0 Å². The maximum absolute atomic E-state index is 9.47. The summed E-state index contributed by atoms with van der Waals surface area (Å²) >= 11 is 0. The average Bonchev–Trinajstić information content (AvgIpc) is 2.65. The summed E-state index contributed by atoms with van der Waals surface area (Å²) < 4.78 is 0. The first kappa shape index (κ1) is 13.8. The Labute approximate surface area is 75.8 Å². The molecule has 0 unspecified atom stereocenters. The van der Waals surface area contributed by atoms with Crippen LogP contribution in [0.1, 0.15) is 46.0 Å². The van der Waals surface area contributed by atoms with Gasteiger partial charge in [-0.15, -0.1) is 0 Å². The third-order valence-corrected chi connectivity index (χ3v) is 1.45. The summed E-state index contributed by atoms with van der Waals surface area (Å²) in [5.74, 6) is -0.481. The van der Waals surface area contributed by atoms with Crippen LogP contribution in [0.3, 0.4) is 0 Å². The van der Waals surface area contributed by atoms with Crippen LogP contribution in [0.25, 0.3) is 0 Å². The van der Waals surface area contributed by atoms with Gasteiger partial charge in [0.25, 0.3) is 0 Å². The summed E-state index contributed by atoms with van der Waals surface area (Å²) in [4.78, 5) is 9.47. The van der Waals surface area contributed by atoms with Gasteiger partial charge in [0.2, 0.25) is 5.91 Å². The topological polar surface area (TPSA) is 43.1 Å². The van der Waals surface area contributed by atoms with Crippen molar-refractivity contribution >= 4 is 5.91 Å². The Balaban J connectivity index is 0. The molecule has 2 heteroatoms. The van der Waals surface area contributed by atoms with Crippen LogP contribution in [0.5, 0.6) is 0 Å². The Hall–Kier alpha value is -0.790. The van der Waals surface area contributed by atoms with Gasteiger partial charge in [-0.1, -0.05) is 52.5 Å². The third-order valence-electron chi connectivity index (χ3n) is 1.45. The molecule has 0 aromatic carbocycles. The van der Waals surface area contributed by atoms with Crippen molar-refractivity contribution in [2.75, 3.05) is 0 Å². The Morgan fingerprint density at radius 3 is 1.42 bits per heavy atom. The molecule has 12 heavy (non-hydrogen) atoms. The van der Waals surface area contributed by atoms with Crippen LogP contribution >= 0.6 is 0 Å². The maximum Gasteiger partial charge on any atom is 0.240 e. The zero-order valence-corrected chi connectivity index (χ0v) is 8.31. The largest absolute Gasteiger partial charge is 0.366 e. The number of carbonyl (C=O) groups is 1. The second kappa shape index (κ2) is 12.8.